The van der Waals surface area contributed by atoms with Gasteiger partial charge in [0.15, 0.2) is 0 Å². The first-order valence-corrected chi connectivity index (χ1v) is 6.77. The molecule has 0 aromatic heterocycles. The number of rotatable bonds is 2. The Hall–Kier alpha value is -1.52. The molecule has 0 aliphatic carbocycles. The summed E-state index contributed by atoms with van der Waals surface area (Å²) < 4.78 is 0.899. The Labute approximate surface area is 124 Å². The van der Waals surface area contributed by atoms with Gasteiger partial charge in [-0.25, -0.2) is 0 Å². The molecule has 0 aliphatic rings. The lowest BCUT2D eigenvalue weighted by molar-refractivity contribution is 0.102. The molecule has 1 amide bonds. The van der Waals surface area contributed by atoms with Gasteiger partial charge in [0.25, 0.3) is 5.91 Å². The largest absolute Gasteiger partial charge is 0.397 e. The van der Waals surface area contributed by atoms with Crippen LogP contribution in [0, 0.1) is 6.92 Å². The summed E-state index contributed by atoms with van der Waals surface area (Å²) in [6.45, 7) is 1.96. The maximum absolute atomic E-state index is 12.1. The summed E-state index contributed by atoms with van der Waals surface area (Å²) in [5, 5.41) is 3.24. The maximum Gasteiger partial charge on any atom is 0.255 e. The molecule has 0 unspecified atom stereocenters. The molecular formula is C14H12BrClN2O. The van der Waals surface area contributed by atoms with Crippen LogP contribution in [-0.4, -0.2) is 5.91 Å². The lowest BCUT2D eigenvalue weighted by Gasteiger charge is -2.08. The molecule has 98 valence electrons. The molecule has 5 heteroatoms. The smallest absolute Gasteiger partial charge is 0.255 e. The topological polar surface area (TPSA) is 55.1 Å². The zero-order valence-corrected chi connectivity index (χ0v) is 12.5. The maximum atomic E-state index is 12.1. The molecule has 0 fully saturated rings. The summed E-state index contributed by atoms with van der Waals surface area (Å²) in [6, 6.07) is 10.4. The van der Waals surface area contributed by atoms with Crippen LogP contribution < -0.4 is 11.1 Å². The third kappa shape index (κ3) is 3.28. The van der Waals surface area contributed by atoms with Crippen molar-refractivity contribution >= 4 is 44.8 Å². The zero-order chi connectivity index (χ0) is 14.0. The fraction of sp³-hybridized carbons (Fsp3) is 0.0714. The number of halogens is 2. The van der Waals surface area contributed by atoms with Crippen LogP contribution >= 0.6 is 27.5 Å². The van der Waals surface area contributed by atoms with Gasteiger partial charge in [0, 0.05) is 15.7 Å². The molecule has 2 aromatic rings. The molecule has 0 bridgehead atoms. The lowest BCUT2D eigenvalue weighted by atomic mass is 10.1. The lowest BCUT2D eigenvalue weighted by Crippen LogP contribution is -2.12. The normalized spacial score (nSPS) is 10.3. The molecule has 0 saturated carbocycles. The predicted molar refractivity (Wildman–Crippen MR) is 82.7 cm³/mol. The molecule has 2 aromatic carbocycles. The Kier molecular flexibility index (Phi) is 4.12. The van der Waals surface area contributed by atoms with E-state index in [1.165, 1.54) is 0 Å². The number of hydrogen-bond donors (Lipinski definition) is 2. The first kappa shape index (κ1) is 13.9. The second kappa shape index (κ2) is 5.63. The fourth-order valence-corrected chi connectivity index (χ4v) is 2.06. The van der Waals surface area contributed by atoms with Crippen LogP contribution in [0.1, 0.15) is 15.9 Å². The number of aryl methyl sites for hydroxylation is 1. The van der Waals surface area contributed by atoms with E-state index in [-0.39, 0.29) is 5.91 Å². The number of nitrogen functional groups attached to an aromatic ring is 1. The minimum atomic E-state index is -0.192. The minimum absolute atomic E-state index is 0.192. The van der Waals surface area contributed by atoms with Gasteiger partial charge in [-0.1, -0.05) is 33.6 Å². The summed E-state index contributed by atoms with van der Waals surface area (Å²) in [6.07, 6.45) is 0. The van der Waals surface area contributed by atoms with Crippen LogP contribution in [0.15, 0.2) is 40.9 Å². The fourth-order valence-electron chi connectivity index (χ4n) is 1.56. The van der Waals surface area contributed by atoms with E-state index in [2.05, 4.69) is 21.2 Å². The van der Waals surface area contributed by atoms with Crippen molar-refractivity contribution in [3.63, 3.8) is 0 Å². The van der Waals surface area contributed by atoms with Crippen LogP contribution in [0.4, 0.5) is 11.4 Å². The summed E-state index contributed by atoms with van der Waals surface area (Å²) in [5.74, 6) is -0.192. The van der Waals surface area contributed by atoms with E-state index >= 15 is 0 Å². The molecular weight excluding hydrogens is 328 g/mol. The molecule has 19 heavy (non-hydrogen) atoms. The van der Waals surface area contributed by atoms with Crippen molar-refractivity contribution in [3.8, 4) is 0 Å². The first-order chi connectivity index (χ1) is 8.97. The van der Waals surface area contributed by atoms with E-state index in [0.717, 1.165) is 10.0 Å². The summed E-state index contributed by atoms with van der Waals surface area (Å²) in [7, 11) is 0. The van der Waals surface area contributed by atoms with Crippen LogP contribution in [-0.2, 0) is 0 Å². The molecule has 0 radical (unpaired) electrons. The Bertz CT molecular complexity index is 643. The van der Waals surface area contributed by atoms with Crippen LogP contribution in [0.25, 0.3) is 0 Å². The van der Waals surface area contributed by atoms with Crippen molar-refractivity contribution in [2.75, 3.05) is 11.1 Å². The number of hydrogen-bond acceptors (Lipinski definition) is 2. The van der Waals surface area contributed by atoms with E-state index in [1.54, 1.807) is 30.3 Å². The van der Waals surface area contributed by atoms with Crippen molar-refractivity contribution < 1.29 is 4.79 Å². The highest BCUT2D eigenvalue weighted by atomic mass is 79.9. The molecule has 0 saturated heterocycles. The highest BCUT2D eigenvalue weighted by Gasteiger charge is 2.08. The second-order valence-electron chi connectivity index (χ2n) is 4.15. The number of carbonyl (C=O) groups excluding carboxylic acids is 1. The number of benzene rings is 2. The summed E-state index contributed by atoms with van der Waals surface area (Å²) >= 11 is 9.23. The Morgan fingerprint density at radius 1 is 1.26 bits per heavy atom. The van der Waals surface area contributed by atoms with Crippen LogP contribution in [0.3, 0.4) is 0 Å². The highest BCUT2D eigenvalue weighted by molar-refractivity contribution is 9.10. The van der Waals surface area contributed by atoms with Gasteiger partial charge >= 0.3 is 0 Å². The number of amides is 1. The summed E-state index contributed by atoms with van der Waals surface area (Å²) in [5.41, 5.74) is 8.39. The Morgan fingerprint density at radius 2 is 2.00 bits per heavy atom. The quantitative estimate of drug-likeness (QED) is 0.804. The Balaban J connectivity index is 2.20. The number of carbonyl (C=O) groups is 1. The van der Waals surface area contributed by atoms with Crippen molar-refractivity contribution in [1.29, 1.82) is 0 Å². The number of nitrogens with one attached hydrogen (secondary N) is 1. The van der Waals surface area contributed by atoms with Gasteiger partial charge in [0.1, 0.15) is 0 Å². The van der Waals surface area contributed by atoms with Crippen molar-refractivity contribution in [3.05, 3.63) is 57.0 Å². The SMILES string of the molecule is Cc1ccc(C(=O)Nc2ccc(Cl)c(N)c2)cc1Br. The molecule has 2 rings (SSSR count). The average molecular weight is 340 g/mol. The predicted octanol–water partition coefficient (Wildman–Crippen LogP) is 4.25. The Morgan fingerprint density at radius 3 is 2.63 bits per heavy atom. The van der Waals surface area contributed by atoms with Gasteiger partial charge in [0.2, 0.25) is 0 Å². The monoisotopic (exact) mass is 338 g/mol. The van der Waals surface area contributed by atoms with Gasteiger partial charge in [-0.2, -0.15) is 0 Å². The molecule has 0 atom stereocenters. The van der Waals surface area contributed by atoms with Crippen molar-refractivity contribution in [2.45, 2.75) is 6.92 Å². The van der Waals surface area contributed by atoms with E-state index in [4.69, 9.17) is 17.3 Å². The van der Waals surface area contributed by atoms with E-state index in [9.17, 15) is 4.79 Å². The third-order valence-electron chi connectivity index (χ3n) is 2.69. The van der Waals surface area contributed by atoms with Gasteiger partial charge < -0.3 is 11.1 Å². The second-order valence-corrected chi connectivity index (χ2v) is 5.42. The number of anilines is 2. The van der Waals surface area contributed by atoms with Crippen LogP contribution in [0.2, 0.25) is 5.02 Å². The van der Waals surface area contributed by atoms with Crippen LogP contribution in [0.5, 0.6) is 0 Å². The highest BCUT2D eigenvalue weighted by Crippen LogP contribution is 2.23. The third-order valence-corrected chi connectivity index (χ3v) is 3.89. The van der Waals surface area contributed by atoms with E-state index in [0.29, 0.717) is 22.0 Å². The first-order valence-electron chi connectivity index (χ1n) is 5.60. The van der Waals surface area contributed by atoms with Gasteiger partial charge in [-0.15, -0.1) is 0 Å². The van der Waals surface area contributed by atoms with E-state index < -0.39 is 0 Å². The van der Waals surface area contributed by atoms with Gasteiger partial charge in [0.05, 0.1) is 10.7 Å². The summed E-state index contributed by atoms with van der Waals surface area (Å²) in [4.78, 5) is 12.1. The van der Waals surface area contributed by atoms with E-state index in [1.807, 2.05) is 13.0 Å². The molecule has 3 N–H and O–H groups in total. The average Bonchev–Trinajstić information content (AvgIpc) is 2.37. The molecule has 0 heterocycles. The van der Waals surface area contributed by atoms with Gasteiger partial charge in [-0.05, 0) is 42.8 Å². The number of nitrogens with two attached hydrogens (primary N) is 1. The molecule has 0 spiro atoms. The minimum Gasteiger partial charge on any atom is -0.397 e. The van der Waals surface area contributed by atoms with Crippen molar-refractivity contribution in [2.24, 2.45) is 0 Å². The standard InChI is InChI=1S/C14H12BrClN2O/c1-8-2-3-9(6-11(8)15)14(19)18-10-4-5-12(16)13(17)7-10/h2-7H,17H2,1H3,(H,18,19). The molecule has 3 nitrogen and oxygen atoms in total. The van der Waals surface area contributed by atoms with Gasteiger partial charge in [-0.3, -0.25) is 4.79 Å². The zero-order valence-electron chi connectivity index (χ0n) is 10.2. The van der Waals surface area contributed by atoms with Crippen molar-refractivity contribution in [1.82, 2.24) is 0 Å². The molecule has 0 aliphatic heterocycles.